The molecule has 1 N–H and O–H groups in total. The number of alkyl halides is 2. The molecular formula is C18H20F2N2O4S. The van der Waals surface area contributed by atoms with Gasteiger partial charge in [0.05, 0.1) is 4.90 Å². The normalized spacial score (nSPS) is 11.6. The average Bonchev–Trinajstić information content (AvgIpc) is 2.64. The number of amides is 1. The largest absolute Gasteiger partial charge is 0.435 e. The van der Waals surface area contributed by atoms with E-state index in [1.165, 1.54) is 52.8 Å². The topological polar surface area (TPSA) is 75.7 Å². The highest BCUT2D eigenvalue weighted by atomic mass is 32.2. The predicted octanol–water partition coefficient (Wildman–Crippen LogP) is 3.57. The van der Waals surface area contributed by atoms with Crippen LogP contribution < -0.4 is 10.1 Å². The van der Waals surface area contributed by atoms with Crippen LogP contribution in [0.1, 0.15) is 24.2 Å². The van der Waals surface area contributed by atoms with E-state index in [2.05, 4.69) is 10.1 Å². The van der Waals surface area contributed by atoms with Gasteiger partial charge in [-0.1, -0.05) is 19.9 Å². The average molecular weight is 398 g/mol. The zero-order valence-corrected chi connectivity index (χ0v) is 15.7. The number of anilines is 1. The van der Waals surface area contributed by atoms with Crippen LogP contribution in [-0.2, 0) is 10.0 Å². The zero-order valence-electron chi connectivity index (χ0n) is 14.9. The summed E-state index contributed by atoms with van der Waals surface area (Å²) in [5.74, 6) is -0.551. The first kappa shape index (κ1) is 20.8. The zero-order chi connectivity index (χ0) is 20.0. The minimum atomic E-state index is -3.68. The highest BCUT2D eigenvalue weighted by Gasteiger charge is 2.22. The van der Waals surface area contributed by atoms with Gasteiger partial charge >= 0.3 is 6.61 Å². The fourth-order valence-corrected chi connectivity index (χ4v) is 3.94. The van der Waals surface area contributed by atoms with Gasteiger partial charge in [0.25, 0.3) is 5.91 Å². The Morgan fingerprint density at radius 1 is 1.11 bits per heavy atom. The van der Waals surface area contributed by atoms with Crippen LogP contribution in [0.5, 0.6) is 5.75 Å². The molecule has 1 amide bonds. The fourth-order valence-electron chi connectivity index (χ4n) is 2.43. The number of hydrogen-bond acceptors (Lipinski definition) is 4. The molecule has 0 aliphatic rings. The second-order valence-corrected chi connectivity index (χ2v) is 7.41. The molecule has 0 unspecified atom stereocenters. The molecule has 0 heterocycles. The van der Waals surface area contributed by atoms with E-state index in [4.69, 9.17) is 0 Å². The fraction of sp³-hybridized carbons (Fsp3) is 0.278. The Kier molecular flexibility index (Phi) is 6.86. The number of ether oxygens (including phenoxy) is 1. The maximum atomic E-state index is 12.6. The number of carbonyl (C=O) groups is 1. The van der Waals surface area contributed by atoms with Gasteiger partial charge in [-0.15, -0.1) is 0 Å². The predicted molar refractivity (Wildman–Crippen MR) is 97.6 cm³/mol. The van der Waals surface area contributed by atoms with Crippen molar-refractivity contribution in [2.75, 3.05) is 18.4 Å². The van der Waals surface area contributed by atoms with Crippen molar-refractivity contribution in [2.24, 2.45) is 0 Å². The Hall–Kier alpha value is -2.52. The minimum absolute atomic E-state index is 0.0273. The van der Waals surface area contributed by atoms with E-state index in [1.807, 2.05) is 0 Å². The lowest BCUT2D eigenvalue weighted by Gasteiger charge is -2.18. The number of benzene rings is 2. The molecule has 6 nitrogen and oxygen atoms in total. The molecule has 0 spiro atoms. The first-order valence-electron chi connectivity index (χ1n) is 8.24. The standard InChI is InChI=1S/C18H20F2N2O4S/c1-3-22(4-2)27(24,25)16-7-5-6-13(12-16)17(23)21-14-8-10-15(11-9-14)26-18(19)20/h5-12,18H,3-4H2,1-2H3,(H,21,23). The second-order valence-electron chi connectivity index (χ2n) is 5.47. The van der Waals surface area contributed by atoms with E-state index in [1.54, 1.807) is 13.8 Å². The SMILES string of the molecule is CCN(CC)S(=O)(=O)c1cccc(C(=O)Nc2ccc(OC(F)F)cc2)c1. The number of carbonyl (C=O) groups excluding carboxylic acids is 1. The van der Waals surface area contributed by atoms with Crippen molar-refractivity contribution in [3.63, 3.8) is 0 Å². The summed E-state index contributed by atoms with van der Waals surface area (Å²) in [6.45, 7) is 1.18. The molecule has 0 aliphatic heterocycles. The van der Waals surface area contributed by atoms with Gasteiger partial charge in [-0.2, -0.15) is 13.1 Å². The molecule has 2 aromatic carbocycles. The molecule has 146 valence electrons. The summed E-state index contributed by atoms with van der Waals surface area (Å²) < 4.78 is 55.0. The maximum Gasteiger partial charge on any atom is 0.387 e. The maximum absolute atomic E-state index is 12.6. The summed E-state index contributed by atoms with van der Waals surface area (Å²) in [4.78, 5) is 12.4. The van der Waals surface area contributed by atoms with Gasteiger partial charge in [0, 0.05) is 24.3 Å². The Morgan fingerprint density at radius 2 is 1.74 bits per heavy atom. The summed E-state index contributed by atoms with van der Waals surface area (Å²) in [7, 11) is -3.68. The van der Waals surface area contributed by atoms with Crippen LogP contribution in [-0.4, -0.2) is 38.3 Å². The van der Waals surface area contributed by atoms with E-state index in [-0.39, 0.29) is 16.2 Å². The highest BCUT2D eigenvalue weighted by Crippen LogP contribution is 2.20. The van der Waals surface area contributed by atoms with Gasteiger partial charge in [-0.25, -0.2) is 8.42 Å². The number of rotatable bonds is 8. The van der Waals surface area contributed by atoms with Crippen molar-refractivity contribution in [1.29, 1.82) is 0 Å². The highest BCUT2D eigenvalue weighted by molar-refractivity contribution is 7.89. The number of sulfonamides is 1. The van der Waals surface area contributed by atoms with E-state index >= 15 is 0 Å². The molecule has 2 aromatic rings. The van der Waals surface area contributed by atoms with Crippen molar-refractivity contribution in [1.82, 2.24) is 4.31 Å². The summed E-state index contributed by atoms with van der Waals surface area (Å²) in [6.07, 6.45) is 0. The molecule has 2 rings (SSSR count). The lowest BCUT2D eigenvalue weighted by molar-refractivity contribution is -0.0498. The Labute approximate surface area is 156 Å². The van der Waals surface area contributed by atoms with Crippen LogP contribution >= 0.6 is 0 Å². The Balaban J connectivity index is 2.18. The van der Waals surface area contributed by atoms with Gasteiger partial charge in [-0.3, -0.25) is 4.79 Å². The molecule has 0 atom stereocenters. The van der Waals surface area contributed by atoms with Crippen molar-refractivity contribution in [3.8, 4) is 5.75 Å². The summed E-state index contributed by atoms with van der Waals surface area (Å²) in [5.41, 5.74) is 0.523. The molecular weight excluding hydrogens is 378 g/mol. The van der Waals surface area contributed by atoms with Crippen LogP contribution in [0.3, 0.4) is 0 Å². The molecule has 0 bridgehead atoms. The van der Waals surface area contributed by atoms with Crippen molar-refractivity contribution in [2.45, 2.75) is 25.4 Å². The molecule has 0 aliphatic carbocycles. The Bertz CT molecular complexity index is 882. The molecule has 0 saturated heterocycles. The van der Waals surface area contributed by atoms with Crippen LogP contribution in [0.15, 0.2) is 53.4 Å². The minimum Gasteiger partial charge on any atom is -0.435 e. The van der Waals surface area contributed by atoms with Crippen LogP contribution in [0.2, 0.25) is 0 Å². The van der Waals surface area contributed by atoms with Crippen LogP contribution in [0, 0.1) is 0 Å². The lowest BCUT2D eigenvalue weighted by Crippen LogP contribution is -2.30. The molecule has 9 heteroatoms. The second kappa shape index (κ2) is 8.92. The first-order valence-corrected chi connectivity index (χ1v) is 9.68. The molecule has 0 radical (unpaired) electrons. The lowest BCUT2D eigenvalue weighted by atomic mass is 10.2. The third-order valence-electron chi connectivity index (χ3n) is 3.78. The van der Waals surface area contributed by atoms with Crippen molar-refractivity contribution >= 4 is 21.6 Å². The van der Waals surface area contributed by atoms with Gasteiger partial charge in [0.1, 0.15) is 5.75 Å². The van der Waals surface area contributed by atoms with Gasteiger partial charge in [-0.05, 0) is 42.5 Å². The van der Waals surface area contributed by atoms with E-state index in [0.717, 1.165) is 0 Å². The Morgan fingerprint density at radius 3 is 2.30 bits per heavy atom. The molecule has 0 saturated carbocycles. The number of halogens is 2. The summed E-state index contributed by atoms with van der Waals surface area (Å²) in [5, 5.41) is 2.58. The van der Waals surface area contributed by atoms with Crippen LogP contribution in [0.25, 0.3) is 0 Å². The smallest absolute Gasteiger partial charge is 0.387 e. The summed E-state index contributed by atoms with van der Waals surface area (Å²) in [6, 6.07) is 11.1. The number of hydrogen-bond donors (Lipinski definition) is 1. The van der Waals surface area contributed by atoms with Crippen molar-refractivity contribution in [3.05, 3.63) is 54.1 Å². The van der Waals surface area contributed by atoms with Gasteiger partial charge < -0.3 is 10.1 Å². The molecule has 0 fully saturated rings. The third kappa shape index (κ3) is 5.24. The third-order valence-corrected chi connectivity index (χ3v) is 5.82. The first-order chi connectivity index (χ1) is 12.8. The summed E-state index contributed by atoms with van der Waals surface area (Å²) >= 11 is 0. The van der Waals surface area contributed by atoms with Crippen LogP contribution in [0.4, 0.5) is 14.5 Å². The van der Waals surface area contributed by atoms with E-state index in [0.29, 0.717) is 18.8 Å². The quantitative estimate of drug-likeness (QED) is 0.738. The molecule has 27 heavy (non-hydrogen) atoms. The number of nitrogens with one attached hydrogen (secondary N) is 1. The van der Waals surface area contributed by atoms with Crippen molar-refractivity contribution < 1.29 is 26.7 Å². The monoisotopic (exact) mass is 398 g/mol. The van der Waals surface area contributed by atoms with Gasteiger partial charge in [0.2, 0.25) is 10.0 Å². The number of nitrogens with zero attached hydrogens (tertiary/aromatic N) is 1. The van der Waals surface area contributed by atoms with Gasteiger partial charge in [0.15, 0.2) is 0 Å². The van der Waals surface area contributed by atoms with E-state index < -0.39 is 22.5 Å². The van der Waals surface area contributed by atoms with E-state index in [9.17, 15) is 22.0 Å². The molecule has 0 aromatic heterocycles.